The third-order valence-corrected chi connectivity index (χ3v) is 12.0. The van der Waals surface area contributed by atoms with Crippen LogP contribution in [-0.2, 0) is 67.2 Å². The molecule has 0 heterocycles. The number of anilines is 4. The lowest BCUT2D eigenvalue weighted by Crippen LogP contribution is -2.22. The predicted molar refractivity (Wildman–Crippen MR) is 306 cm³/mol. The number of rotatable bonds is 30. The molecule has 4 aromatic rings. The molecule has 0 saturated heterocycles. The van der Waals surface area contributed by atoms with Gasteiger partial charge in [-0.3, -0.25) is 23.7 Å². The zero-order chi connectivity index (χ0) is 60.9. The van der Waals surface area contributed by atoms with Crippen molar-refractivity contribution in [2.24, 2.45) is 11.5 Å². The summed E-state index contributed by atoms with van der Waals surface area (Å²) in [6, 6.07) is 21.9. The zero-order valence-electron chi connectivity index (χ0n) is 47.8. The molecule has 452 valence electrons. The van der Waals surface area contributed by atoms with Crippen LogP contribution in [0.4, 0.5) is 32.3 Å². The lowest BCUT2D eigenvalue weighted by molar-refractivity contribution is -0.123. The Morgan fingerprint density at radius 2 is 0.841 bits per heavy atom. The van der Waals surface area contributed by atoms with Crippen LogP contribution in [0.2, 0.25) is 2.82 Å². The van der Waals surface area contributed by atoms with E-state index in [2.05, 4.69) is 21.3 Å². The first-order chi connectivity index (χ1) is 39.7. The topological polar surface area (TPSA) is 371 Å². The molecule has 0 saturated carbocycles. The second kappa shape index (κ2) is 35.7. The fraction of sp³-hybridized carbons (Fsp3) is 0.464. The van der Waals surface area contributed by atoms with E-state index in [4.69, 9.17) is 55.5 Å². The Labute approximate surface area is 480 Å². The first-order valence-electron chi connectivity index (χ1n) is 26.7. The summed E-state index contributed by atoms with van der Waals surface area (Å²) in [7, 11) is -0.462. The summed E-state index contributed by atoms with van der Waals surface area (Å²) in [5, 5.41) is 29.2. The Morgan fingerprint density at radius 3 is 1.11 bits per heavy atom. The molecule has 0 spiro atoms. The molecule has 4 unspecified atom stereocenters. The molecule has 0 aromatic heterocycles. The van der Waals surface area contributed by atoms with Gasteiger partial charge in [-0.05, 0) is 133 Å². The summed E-state index contributed by atoms with van der Waals surface area (Å²) in [6.45, 7) is 4.82. The summed E-state index contributed by atoms with van der Waals surface area (Å²) in [4.78, 5) is 72.8. The Bertz CT molecular complexity index is 2720. The highest BCUT2D eigenvalue weighted by Gasteiger charge is 2.32. The number of carbonyl (C=O) groups is 6. The van der Waals surface area contributed by atoms with E-state index in [-0.39, 0.29) is 96.1 Å². The van der Waals surface area contributed by atoms with Crippen molar-refractivity contribution in [2.45, 2.75) is 71.0 Å². The van der Waals surface area contributed by atoms with Gasteiger partial charge in [-0.1, -0.05) is 31.7 Å². The monoisotopic (exact) mass is 1170 g/mol. The number of aliphatic hydroxyl groups is 2. The van der Waals surface area contributed by atoms with E-state index in [1.54, 1.807) is 63.8 Å². The van der Waals surface area contributed by atoms with E-state index in [0.717, 1.165) is 44.5 Å². The van der Waals surface area contributed by atoms with Crippen LogP contribution in [0.25, 0.3) is 22.3 Å². The SMILES string of the molecule is C.CS(=O)(=O)O.[2H]NC(=O)OCC1c2cc(NC(=O)COCCCOC)ccc2-c2ccc(NC(=O)COC(C)CCO)cc21.[2H]NC(=O)OCC1c2cc(NC(=O)COCCCOC)ccc2-c2ccc(NC(=O)COC(C)CCO)cc21. The normalized spacial score (nSPS) is 14.2. The Hall–Kier alpha value is -7.11. The largest absolute Gasteiger partial charge is 0.449 e. The number of methoxy groups -OCH3 is 2. The number of benzene rings is 4. The van der Waals surface area contributed by atoms with Gasteiger partial charge in [0.25, 0.3) is 10.1 Å². The molecule has 82 heavy (non-hydrogen) atoms. The van der Waals surface area contributed by atoms with Crippen molar-refractivity contribution >= 4 is 68.7 Å². The van der Waals surface area contributed by atoms with E-state index in [1.165, 1.54) is 0 Å². The fourth-order valence-electron chi connectivity index (χ4n) is 8.40. The van der Waals surface area contributed by atoms with Gasteiger partial charge >= 0.3 is 12.2 Å². The molecule has 0 radical (unpaired) electrons. The molecule has 0 fully saturated rings. The van der Waals surface area contributed by atoms with E-state index >= 15 is 0 Å². The van der Waals surface area contributed by atoms with Crippen LogP contribution in [0.5, 0.6) is 0 Å². The number of amides is 6. The standard InChI is InChI=1S/2C27H35N3O8.CH4O3S.CH4/c2*1-17(8-9-31)37-16-26(33)30-19-5-7-21-20-6-4-18(29-25(32)15-36-11-3-10-35-2)12-22(20)24(23(21)13-19)14-38-27(28)34;1-5(2,3)4;/h2*4-7,12-13,17,24,31H,3,8-11,14-16H2,1-2H3,(H2,28,34)(H,29,32)(H,30,33);1H3,(H,2,3,4);1H4/i/hD2. The van der Waals surface area contributed by atoms with Crippen molar-refractivity contribution < 1.29 is 92.7 Å². The second-order valence-corrected chi connectivity index (χ2v) is 20.0. The van der Waals surface area contributed by atoms with Gasteiger partial charge in [0.15, 0.2) is 2.82 Å². The summed E-state index contributed by atoms with van der Waals surface area (Å²) in [5.74, 6) is -2.08. The molecule has 0 aliphatic heterocycles. The summed E-state index contributed by atoms with van der Waals surface area (Å²) >= 11 is 0. The van der Waals surface area contributed by atoms with Crippen LogP contribution in [0, 0.1) is 0 Å². The molecule has 4 atom stereocenters. The number of hydrogen-bond acceptors (Lipinski definition) is 18. The highest BCUT2D eigenvalue weighted by Crippen LogP contribution is 2.48. The van der Waals surface area contributed by atoms with E-state index in [0.29, 0.717) is 81.1 Å². The van der Waals surface area contributed by atoms with Gasteiger partial charge in [0.1, 0.15) is 39.6 Å². The average Bonchev–Trinajstić information content (AvgIpc) is 1.94. The van der Waals surface area contributed by atoms with Crippen LogP contribution in [0.15, 0.2) is 72.8 Å². The fourth-order valence-corrected chi connectivity index (χ4v) is 8.40. The summed E-state index contributed by atoms with van der Waals surface area (Å²) in [5.41, 5.74) is 12.5. The van der Waals surface area contributed by atoms with Gasteiger partial charge in [-0.15, -0.1) is 0 Å². The quantitative estimate of drug-likeness (QED) is 0.0234. The van der Waals surface area contributed by atoms with Crippen molar-refractivity contribution in [1.29, 1.82) is 0 Å². The molecule has 6 amide bonds. The summed E-state index contributed by atoms with van der Waals surface area (Å²) < 4.78 is 81.9. The minimum absolute atomic E-state index is 0. The number of nitrogens with two attached hydrogens (primary N) is 2. The van der Waals surface area contributed by atoms with Gasteiger partial charge < -0.3 is 80.8 Å². The molecule has 2 aliphatic rings. The molecule has 26 heteroatoms. The van der Waals surface area contributed by atoms with Crippen LogP contribution < -0.4 is 32.7 Å². The van der Waals surface area contributed by atoms with Gasteiger partial charge in [0.2, 0.25) is 23.6 Å². The van der Waals surface area contributed by atoms with E-state index in [9.17, 15) is 37.2 Å². The molecule has 2 aliphatic carbocycles. The Kier molecular flexibility index (Phi) is 28.6. The van der Waals surface area contributed by atoms with Crippen LogP contribution >= 0.6 is 0 Å². The second-order valence-electron chi connectivity index (χ2n) is 18.5. The van der Waals surface area contributed by atoms with Crippen molar-refractivity contribution in [3.63, 3.8) is 0 Å². The number of primary amides is 2. The smallest absolute Gasteiger partial charge is 0.404 e. The highest BCUT2D eigenvalue weighted by molar-refractivity contribution is 7.85. The third kappa shape index (κ3) is 24.2. The number of aliphatic hydroxyl groups excluding tert-OH is 2. The maximum Gasteiger partial charge on any atom is 0.404 e. The number of ether oxygens (including phenoxy) is 8. The van der Waals surface area contributed by atoms with Gasteiger partial charge in [0, 0.05) is 88.4 Å². The highest BCUT2D eigenvalue weighted by atomic mass is 32.2. The van der Waals surface area contributed by atoms with Crippen molar-refractivity contribution in [3.8, 4) is 22.3 Å². The maximum absolute atomic E-state index is 12.4. The maximum atomic E-state index is 12.4. The van der Waals surface area contributed by atoms with Crippen LogP contribution in [0.1, 0.15) is 81.0 Å². The summed E-state index contributed by atoms with van der Waals surface area (Å²) in [6.07, 6.45) is 0.669. The molecule has 4 aromatic carbocycles. The first-order valence-corrected chi connectivity index (χ1v) is 27.5. The van der Waals surface area contributed by atoms with Crippen molar-refractivity contribution in [1.82, 2.24) is 0 Å². The molecule has 11 N–H and O–H groups in total. The molecule has 25 nitrogen and oxygen atoms in total. The molecular weight excluding hydrogens is 1090 g/mol. The Balaban J connectivity index is 0.000000403. The number of nitrogens with one attached hydrogen (secondary N) is 4. The van der Waals surface area contributed by atoms with Gasteiger partial charge in [-0.25, -0.2) is 9.59 Å². The van der Waals surface area contributed by atoms with Gasteiger partial charge in [-0.2, -0.15) is 8.42 Å². The van der Waals surface area contributed by atoms with Crippen molar-refractivity contribution in [2.75, 3.05) is 121 Å². The number of hydrogen-bond donors (Lipinski definition) is 9. The molecule has 0 bridgehead atoms. The van der Waals surface area contributed by atoms with Crippen molar-refractivity contribution in [3.05, 3.63) is 95.1 Å². The van der Waals surface area contributed by atoms with Crippen LogP contribution in [-0.4, -0.2) is 171 Å². The lowest BCUT2D eigenvalue weighted by Gasteiger charge is -2.16. The minimum atomic E-state index is -3.67. The predicted octanol–water partition coefficient (Wildman–Crippen LogP) is 5.36. The van der Waals surface area contributed by atoms with Gasteiger partial charge in [0.05, 0.1) is 18.5 Å². The average molecular weight is 1170 g/mol. The lowest BCUT2D eigenvalue weighted by atomic mass is 9.97. The number of carbonyl (C=O) groups excluding carboxylic acids is 6. The Morgan fingerprint density at radius 1 is 0.549 bits per heavy atom. The molecular formula is C56H78N6O19S. The zero-order valence-corrected chi connectivity index (χ0v) is 46.6. The third-order valence-electron chi connectivity index (χ3n) is 12.0. The number of fused-ring (bicyclic) bond motifs is 6. The van der Waals surface area contributed by atoms with E-state index < -0.39 is 34.1 Å². The molecule has 6 rings (SSSR count). The minimum Gasteiger partial charge on any atom is -0.449 e. The van der Waals surface area contributed by atoms with Crippen LogP contribution in [0.3, 0.4) is 0 Å². The van der Waals surface area contributed by atoms with E-state index in [1.807, 2.05) is 48.5 Å². The first kappa shape index (κ1) is 65.7.